The number of benzene rings is 2. The summed E-state index contributed by atoms with van der Waals surface area (Å²) in [5.41, 5.74) is 0.485. The van der Waals surface area contributed by atoms with E-state index < -0.39 is 21.9 Å². The molecule has 0 spiro atoms. The average Bonchev–Trinajstić information content (AvgIpc) is 3.08. The zero-order valence-corrected chi connectivity index (χ0v) is 17.8. The molecule has 2 saturated heterocycles. The largest absolute Gasteiger partial charge is 0.497 e. The molecule has 2 aliphatic heterocycles. The van der Waals surface area contributed by atoms with Crippen molar-refractivity contribution in [3.8, 4) is 5.75 Å². The molecule has 0 radical (unpaired) electrons. The number of methoxy groups -OCH3 is 1. The van der Waals surface area contributed by atoms with Crippen LogP contribution in [0.4, 0.5) is 10.1 Å². The summed E-state index contributed by atoms with van der Waals surface area (Å²) in [4.78, 5) is 27.2. The molecule has 0 aliphatic carbocycles. The Labute approximate surface area is 179 Å². The summed E-state index contributed by atoms with van der Waals surface area (Å²) in [6, 6.07) is 11.4. The number of sulfonamides is 1. The van der Waals surface area contributed by atoms with Crippen LogP contribution in [0.25, 0.3) is 0 Å². The molecule has 0 saturated carbocycles. The molecule has 2 amide bonds. The van der Waals surface area contributed by atoms with Crippen LogP contribution < -0.4 is 14.5 Å². The van der Waals surface area contributed by atoms with Crippen molar-refractivity contribution in [1.29, 1.82) is 0 Å². The monoisotopic (exact) mass is 448 g/mol. The second kappa shape index (κ2) is 8.37. The number of halogens is 1. The number of rotatable bonds is 5. The van der Waals surface area contributed by atoms with Crippen LogP contribution in [0, 0.1) is 5.82 Å². The third-order valence-electron chi connectivity index (χ3n) is 5.79. The van der Waals surface area contributed by atoms with Crippen molar-refractivity contribution >= 4 is 27.5 Å². The normalized spacial score (nSPS) is 21.0. The van der Waals surface area contributed by atoms with Gasteiger partial charge in [-0.2, -0.15) is 4.31 Å². The fourth-order valence-corrected chi connectivity index (χ4v) is 5.62. The predicted molar refractivity (Wildman–Crippen MR) is 110 cm³/mol. The number of anilines is 1. The van der Waals surface area contributed by atoms with Crippen molar-refractivity contribution in [1.82, 2.24) is 4.31 Å². The van der Waals surface area contributed by atoms with Crippen LogP contribution in [0.15, 0.2) is 53.4 Å². The summed E-state index contributed by atoms with van der Waals surface area (Å²) in [5.74, 6) is -0.745. The van der Waals surface area contributed by atoms with Gasteiger partial charge in [-0.3, -0.25) is 9.59 Å². The van der Waals surface area contributed by atoms with E-state index in [4.69, 9.17) is 4.74 Å². The number of quaternary nitrogens is 1. The fourth-order valence-electron chi connectivity index (χ4n) is 4.11. The second-order valence-electron chi connectivity index (χ2n) is 7.51. The maximum absolute atomic E-state index is 14.0. The second-order valence-corrected chi connectivity index (χ2v) is 9.42. The highest BCUT2D eigenvalue weighted by Crippen LogP contribution is 2.25. The molecule has 0 unspecified atom stereocenters. The maximum Gasteiger partial charge on any atom is 0.292 e. The molecule has 8 nitrogen and oxygen atoms in total. The highest BCUT2D eigenvalue weighted by Gasteiger charge is 2.47. The SMILES string of the molecule is COc1ccc(N2C(=O)C[C@H]([NH+]3CCN(S(=O)(=O)c4ccccc4F)CC3)C2=O)cc1. The topological polar surface area (TPSA) is 88.4 Å². The van der Waals surface area contributed by atoms with Gasteiger partial charge in [0.25, 0.3) is 5.91 Å². The summed E-state index contributed by atoms with van der Waals surface area (Å²) < 4.78 is 45.9. The summed E-state index contributed by atoms with van der Waals surface area (Å²) in [5, 5.41) is 0. The molecule has 2 heterocycles. The molecule has 10 heteroatoms. The Balaban J connectivity index is 1.45. The molecule has 1 atom stereocenters. The first kappa shape index (κ1) is 21.4. The molecule has 31 heavy (non-hydrogen) atoms. The van der Waals surface area contributed by atoms with Gasteiger partial charge in [-0.05, 0) is 36.4 Å². The molecule has 1 N–H and O–H groups in total. The lowest BCUT2D eigenvalue weighted by Gasteiger charge is -2.33. The summed E-state index contributed by atoms with van der Waals surface area (Å²) in [7, 11) is -2.42. The van der Waals surface area contributed by atoms with E-state index in [0.29, 0.717) is 24.5 Å². The van der Waals surface area contributed by atoms with E-state index in [0.717, 1.165) is 11.0 Å². The Morgan fingerprint density at radius 2 is 1.68 bits per heavy atom. The van der Waals surface area contributed by atoms with Crippen molar-refractivity contribution in [2.75, 3.05) is 38.2 Å². The van der Waals surface area contributed by atoms with E-state index in [2.05, 4.69) is 0 Å². The minimum absolute atomic E-state index is 0.0697. The third-order valence-corrected chi connectivity index (χ3v) is 7.72. The number of amides is 2. The highest BCUT2D eigenvalue weighted by molar-refractivity contribution is 7.89. The molecular weight excluding hydrogens is 425 g/mol. The zero-order valence-electron chi connectivity index (χ0n) is 17.0. The molecule has 2 aromatic carbocycles. The van der Waals surface area contributed by atoms with Crippen LogP contribution in [-0.4, -0.2) is 63.9 Å². The Bertz CT molecular complexity index is 1100. The molecular formula is C21H23FN3O5S+. The van der Waals surface area contributed by atoms with Crippen molar-refractivity contribution in [2.24, 2.45) is 0 Å². The van der Waals surface area contributed by atoms with E-state index in [1.165, 1.54) is 34.5 Å². The number of carbonyl (C=O) groups is 2. The molecule has 0 aromatic heterocycles. The molecule has 2 aromatic rings. The van der Waals surface area contributed by atoms with Gasteiger partial charge in [0, 0.05) is 0 Å². The lowest BCUT2D eigenvalue weighted by Crippen LogP contribution is -3.19. The van der Waals surface area contributed by atoms with Crippen molar-refractivity contribution in [3.05, 3.63) is 54.3 Å². The summed E-state index contributed by atoms with van der Waals surface area (Å²) >= 11 is 0. The van der Waals surface area contributed by atoms with Crippen LogP contribution in [-0.2, 0) is 19.6 Å². The standard InChI is InChI=1S/C21H22FN3O5S/c1-30-16-8-6-15(7-9-16)25-20(26)14-18(21(25)27)23-10-12-24(13-11-23)31(28,29)19-5-3-2-4-17(19)22/h2-9,18H,10-14H2,1H3/p+1/t18-/m0/s1. The Morgan fingerprint density at radius 1 is 1.03 bits per heavy atom. The van der Waals surface area contributed by atoms with Crippen molar-refractivity contribution < 1.29 is 32.0 Å². The molecule has 2 fully saturated rings. The van der Waals surface area contributed by atoms with E-state index in [-0.39, 0.29) is 36.2 Å². The minimum Gasteiger partial charge on any atom is -0.497 e. The third kappa shape index (κ3) is 3.93. The van der Waals surface area contributed by atoms with Crippen LogP contribution in [0.2, 0.25) is 0 Å². The first-order valence-electron chi connectivity index (χ1n) is 9.93. The number of carbonyl (C=O) groups excluding carboxylic acids is 2. The Hall–Kier alpha value is -2.82. The van der Waals surface area contributed by atoms with Crippen LogP contribution in [0.1, 0.15) is 6.42 Å². The zero-order chi connectivity index (χ0) is 22.2. The summed E-state index contributed by atoms with van der Waals surface area (Å²) in [6.07, 6.45) is 0.0697. The number of nitrogens with zero attached hydrogens (tertiary/aromatic N) is 2. The van der Waals surface area contributed by atoms with Gasteiger partial charge in [-0.15, -0.1) is 0 Å². The van der Waals surface area contributed by atoms with Gasteiger partial charge in [0.05, 0.1) is 45.4 Å². The van der Waals surface area contributed by atoms with E-state index in [1.807, 2.05) is 0 Å². The number of ether oxygens (including phenoxy) is 1. The van der Waals surface area contributed by atoms with Crippen LogP contribution >= 0.6 is 0 Å². The van der Waals surface area contributed by atoms with Gasteiger partial charge in [-0.1, -0.05) is 12.1 Å². The smallest absolute Gasteiger partial charge is 0.292 e. The van der Waals surface area contributed by atoms with Gasteiger partial charge in [0.1, 0.15) is 16.5 Å². The van der Waals surface area contributed by atoms with Gasteiger partial charge in [0.15, 0.2) is 6.04 Å². The Morgan fingerprint density at radius 3 is 2.29 bits per heavy atom. The quantitative estimate of drug-likeness (QED) is 0.654. The summed E-state index contributed by atoms with van der Waals surface area (Å²) in [6.45, 7) is 1.00. The lowest BCUT2D eigenvalue weighted by atomic mass is 10.2. The lowest BCUT2D eigenvalue weighted by molar-refractivity contribution is -0.918. The number of hydrogen-bond donors (Lipinski definition) is 1. The van der Waals surface area contributed by atoms with Gasteiger partial charge < -0.3 is 9.64 Å². The van der Waals surface area contributed by atoms with Gasteiger partial charge in [-0.25, -0.2) is 17.7 Å². The first-order chi connectivity index (χ1) is 14.8. The average molecular weight is 448 g/mol. The van der Waals surface area contributed by atoms with E-state index >= 15 is 0 Å². The Kier molecular flexibility index (Phi) is 5.78. The van der Waals surface area contributed by atoms with E-state index in [1.54, 1.807) is 24.3 Å². The number of hydrogen-bond acceptors (Lipinski definition) is 5. The highest BCUT2D eigenvalue weighted by atomic mass is 32.2. The molecule has 4 rings (SSSR count). The predicted octanol–water partition coefficient (Wildman–Crippen LogP) is 0.0556. The number of nitrogens with one attached hydrogen (secondary N) is 1. The molecule has 0 bridgehead atoms. The fraction of sp³-hybridized carbons (Fsp3) is 0.333. The van der Waals surface area contributed by atoms with Crippen LogP contribution in [0.5, 0.6) is 5.75 Å². The van der Waals surface area contributed by atoms with E-state index in [9.17, 15) is 22.4 Å². The number of piperazine rings is 1. The van der Waals surface area contributed by atoms with Crippen molar-refractivity contribution in [2.45, 2.75) is 17.4 Å². The van der Waals surface area contributed by atoms with Gasteiger partial charge in [0.2, 0.25) is 15.9 Å². The van der Waals surface area contributed by atoms with Crippen molar-refractivity contribution in [3.63, 3.8) is 0 Å². The minimum atomic E-state index is -3.95. The first-order valence-corrected chi connectivity index (χ1v) is 11.4. The van der Waals surface area contributed by atoms with Gasteiger partial charge >= 0.3 is 0 Å². The number of imide groups is 1. The maximum atomic E-state index is 14.0. The molecule has 2 aliphatic rings. The van der Waals surface area contributed by atoms with Crippen LogP contribution in [0.3, 0.4) is 0 Å². The molecule has 164 valence electrons.